The summed E-state index contributed by atoms with van der Waals surface area (Å²) < 4.78 is 10.7. The van der Waals surface area contributed by atoms with Crippen LogP contribution >= 0.6 is 0 Å². The number of hydrogen-bond acceptors (Lipinski definition) is 5. The molecule has 1 unspecified atom stereocenters. The standard InChI is InChI=1S/C40H45N4O5.Mg/c1-10-24-20(5)27-16-29-22(7)26(12-13-33(45)49-15-14-19(3)4)37(43-29)35-36(40(47)48-9)39(46)34-23(8)30(44-38(34)35)18-32-25(11-2)21(6)28(42-32)17-31(24)41-27;/h10,14,16-17,22,26,32,36H,1,11-13,15,18H2,2-9H3,(H-,43,44,46);/q-3;+2/p-1/b28-17-,29-16-;/t22-,26-,32?,36+;/m0./s1. The maximum absolute atomic E-state index is 14.2. The van der Waals surface area contributed by atoms with Crippen LogP contribution in [0.5, 0.6) is 0 Å². The van der Waals surface area contributed by atoms with Crippen molar-refractivity contribution in [2.45, 2.75) is 80.2 Å². The second kappa shape index (κ2) is 14.7. The molecule has 3 aliphatic heterocycles. The van der Waals surface area contributed by atoms with Crippen molar-refractivity contribution >= 4 is 64.6 Å². The Morgan fingerprint density at radius 2 is 1.82 bits per heavy atom. The fourth-order valence-electron chi connectivity index (χ4n) is 7.68. The van der Waals surface area contributed by atoms with Crippen molar-refractivity contribution in [2.75, 3.05) is 13.7 Å². The number of carbonyl (C=O) groups is 3. The third-order valence-corrected chi connectivity index (χ3v) is 10.5. The van der Waals surface area contributed by atoms with Crippen molar-refractivity contribution < 1.29 is 23.9 Å². The number of aromatic nitrogens is 2. The topological polar surface area (TPSA) is 126 Å². The summed E-state index contributed by atoms with van der Waals surface area (Å²) in [5.74, 6) is -2.95. The van der Waals surface area contributed by atoms with Crippen LogP contribution < -0.4 is 9.97 Å². The monoisotopic (exact) mass is 684 g/mol. The molecule has 9 nitrogen and oxygen atoms in total. The fourth-order valence-corrected chi connectivity index (χ4v) is 7.68. The van der Waals surface area contributed by atoms with Crippen LogP contribution in [-0.2, 0) is 25.5 Å². The number of allylic oxidation sites excluding steroid dienone is 4. The smallest absolute Gasteiger partial charge is 0.678 e. The number of Topliss-reactive ketones (excluding diaryl/α,β-unsaturated/α-hetero) is 1. The number of ketones is 1. The van der Waals surface area contributed by atoms with Gasteiger partial charge in [0.05, 0.1) is 7.11 Å². The summed E-state index contributed by atoms with van der Waals surface area (Å²) in [5, 5.41) is 10.3. The number of carbonyl (C=O) groups excluding carboxylic acids is 3. The van der Waals surface area contributed by atoms with Gasteiger partial charge in [0.2, 0.25) is 0 Å². The normalized spacial score (nSPS) is 25.5. The van der Waals surface area contributed by atoms with Gasteiger partial charge in [-0.25, -0.2) is 0 Å². The van der Waals surface area contributed by atoms with Crippen LogP contribution in [-0.4, -0.2) is 60.5 Å². The number of hydrogen-bond donors (Lipinski definition) is 0. The van der Waals surface area contributed by atoms with E-state index >= 15 is 0 Å². The van der Waals surface area contributed by atoms with Crippen LogP contribution in [0.25, 0.3) is 34.4 Å². The van der Waals surface area contributed by atoms with Crippen LogP contribution in [0.4, 0.5) is 0 Å². The predicted octanol–water partition coefficient (Wildman–Crippen LogP) is 7.53. The molecule has 0 radical (unpaired) electrons. The molecule has 0 saturated carbocycles. The zero-order valence-electron chi connectivity index (χ0n) is 30.4. The SMILES string of the molecule is C=Cc1c2[n-]c(c1C)/C=C1\[N-]/C(=C3\c4[n-]c(c(C)c4C(=O)[C@@H]3C(=O)OC)CC3[N-]/C(=C\2)C(C)=C3CC)[C@@H](CCC(=O)OCC=C(C)C)[C@@H]1C.[Mg+2]. The first-order chi connectivity index (χ1) is 23.4. The van der Waals surface area contributed by atoms with E-state index in [4.69, 9.17) is 30.1 Å². The van der Waals surface area contributed by atoms with E-state index in [0.717, 1.165) is 62.7 Å². The number of ether oxygens (including phenoxy) is 2. The second-order valence-electron chi connectivity index (χ2n) is 13.6. The minimum absolute atomic E-state index is 0. The maximum Gasteiger partial charge on any atom is 2.00 e. The van der Waals surface area contributed by atoms with E-state index in [1.165, 1.54) is 12.7 Å². The van der Waals surface area contributed by atoms with Crippen molar-refractivity contribution in [3.8, 4) is 0 Å². The molecule has 4 atom stereocenters. The molecule has 2 aromatic heterocycles. The number of esters is 2. The minimum Gasteiger partial charge on any atom is -0.678 e. The largest absolute Gasteiger partial charge is 2.00 e. The van der Waals surface area contributed by atoms with Gasteiger partial charge in [0.25, 0.3) is 0 Å². The molecular formula is C40H44MgN4O5-2. The van der Waals surface area contributed by atoms with Crippen LogP contribution in [0.1, 0.15) is 104 Å². The van der Waals surface area contributed by atoms with E-state index in [1.807, 2.05) is 52.0 Å². The van der Waals surface area contributed by atoms with Gasteiger partial charge in [-0.1, -0.05) is 84.5 Å². The molecule has 4 aliphatic rings. The zero-order chi connectivity index (χ0) is 35.3. The van der Waals surface area contributed by atoms with Crippen LogP contribution in [0.2, 0.25) is 0 Å². The van der Waals surface area contributed by atoms with Crippen molar-refractivity contribution in [1.82, 2.24) is 9.97 Å². The van der Waals surface area contributed by atoms with Crippen molar-refractivity contribution in [1.29, 1.82) is 0 Å². The molecule has 258 valence electrons. The molecule has 1 fully saturated rings. The van der Waals surface area contributed by atoms with Gasteiger partial charge in [0.15, 0.2) is 5.78 Å². The molecule has 0 amide bonds. The van der Waals surface area contributed by atoms with E-state index < -0.39 is 11.9 Å². The number of rotatable bonds is 8. The molecule has 50 heavy (non-hydrogen) atoms. The molecule has 1 saturated heterocycles. The summed E-state index contributed by atoms with van der Waals surface area (Å²) in [7, 11) is 1.29. The Morgan fingerprint density at radius 1 is 1.08 bits per heavy atom. The summed E-state index contributed by atoms with van der Waals surface area (Å²) >= 11 is 0. The van der Waals surface area contributed by atoms with Gasteiger partial charge in [0.1, 0.15) is 12.5 Å². The quantitative estimate of drug-likeness (QED) is 0.122. The molecule has 2 aromatic rings. The number of methoxy groups -OCH3 is 1. The average molecular weight is 685 g/mol. The Morgan fingerprint density at radius 3 is 2.48 bits per heavy atom. The molecular weight excluding hydrogens is 641 g/mol. The van der Waals surface area contributed by atoms with Gasteiger partial charge in [-0.2, -0.15) is 17.1 Å². The summed E-state index contributed by atoms with van der Waals surface area (Å²) in [6, 6.07) is -0.143. The van der Waals surface area contributed by atoms with Gasteiger partial charge in [-0.05, 0) is 70.9 Å². The Labute approximate surface area is 311 Å². The Balaban J connectivity index is 0.00000486. The van der Waals surface area contributed by atoms with E-state index in [9.17, 15) is 14.4 Å². The molecule has 10 heteroatoms. The summed E-state index contributed by atoms with van der Waals surface area (Å²) in [5.41, 5.74) is 12.0. The van der Waals surface area contributed by atoms with Gasteiger partial charge in [0, 0.05) is 12.0 Å². The van der Waals surface area contributed by atoms with E-state index in [2.05, 4.69) is 27.4 Å². The van der Waals surface area contributed by atoms with Crippen LogP contribution in [0, 0.1) is 31.6 Å². The molecule has 6 rings (SSSR count). The molecule has 1 aliphatic carbocycles. The summed E-state index contributed by atoms with van der Waals surface area (Å²) in [6.07, 6.45) is 9.60. The molecule has 8 bridgehead atoms. The van der Waals surface area contributed by atoms with Gasteiger partial charge >= 0.3 is 35.0 Å². The van der Waals surface area contributed by atoms with Crippen molar-refractivity contribution in [2.24, 2.45) is 17.8 Å². The third-order valence-electron chi connectivity index (χ3n) is 10.5. The van der Waals surface area contributed by atoms with E-state index in [0.29, 0.717) is 35.4 Å². The van der Waals surface area contributed by atoms with Gasteiger partial charge in [-0.15, -0.1) is 22.8 Å². The first-order valence-electron chi connectivity index (χ1n) is 17.1. The first kappa shape index (κ1) is 37.2. The van der Waals surface area contributed by atoms with Gasteiger partial charge in [-0.3, -0.25) is 14.4 Å². The van der Waals surface area contributed by atoms with E-state index in [1.54, 1.807) is 0 Å². The minimum atomic E-state index is -1.19. The Kier molecular flexibility index (Phi) is 10.9. The molecule has 0 aromatic carbocycles. The summed E-state index contributed by atoms with van der Waals surface area (Å²) in [4.78, 5) is 50.6. The van der Waals surface area contributed by atoms with Crippen LogP contribution in [0.15, 0.2) is 46.5 Å². The Hall–Kier alpha value is -4.02. The predicted molar refractivity (Wildman–Crippen MR) is 197 cm³/mol. The fraction of sp³-hybridized carbons (Fsp3) is 0.425. The number of nitrogens with zero attached hydrogens (tertiary/aromatic N) is 4. The Bertz CT molecular complexity index is 1930. The average Bonchev–Trinajstić information content (AvgIpc) is 3.80. The third kappa shape index (κ3) is 6.36. The first-order valence-corrected chi connectivity index (χ1v) is 17.1. The van der Waals surface area contributed by atoms with E-state index in [-0.39, 0.29) is 65.7 Å². The maximum atomic E-state index is 14.2. The van der Waals surface area contributed by atoms with Crippen molar-refractivity contribution in [3.05, 3.63) is 102 Å². The molecule has 0 spiro atoms. The second-order valence-corrected chi connectivity index (χ2v) is 13.6. The van der Waals surface area contributed by atoms with Crippen LogP contribution in [0.3, 0.4) is 0 Å². The number of fused-ring (bicyclic) bond motifs is 7. The van der Waals surface area contributed by atoms with Gasteiger partial charge < -0.3 is 30.1 Å². The zero-order valence-corrected chi connectivity index (χ0v) is 31.8. The summed E-state index contributed by atoms with van der Waals surface area (Å²) in [6.45, 7) is 18.4. The molecule has 0 N–H and O–H groups in total. The van der Waals surface area contributed by atoms with Crippen molar-refractivity contribution in [3.63, 3.8) is 0 Å². The molecule has 5 heterocycles.